The third-order valence-electron chi connectivity index (χ3n) is 5.27. The van der Waals surface area contributed by atoms with Crippen LogP contribution in [0.15, 0.2) is 53.4 Å². The number of hydrogen-bond acceptors (Lipinski definition) is 5. The second-order valence-electron chi connectivity index (χ2n) is 7.20. The van der Waals surface area contributed by atoms with E-state index < -0.39 is 16.6 Å². The van der Waals surface area contributed by atoms with Crippen molar-refractivity contribution >= 4 is 39.1 Å². The number of halogens is 1. The van der Waals surface area contributed by atoms with Gasteiger partial charge in [-0.3, -0.25) is 13.9 Å². The lowest BCUT2D eigenvalue weighted by Crippen LogP contribution is -2.47. The third-order valence-corrected chi connectivity index (χ3v) is 7.28. The zero-order valence-electron chi connectivity index (χ0n) is 17.0. The number of nitrogens with two attached hydrogens (primary N) is 1. The highest BCUT2D eigenvalue weighted by Gasteiger charge is 2.33. The van der Waals surface area contributed by atoms with Crippen molar-refractivity contribution in [3.05, 3.63) is 53.6 Å². The summed E-state index contributed by atoms with van der Waals surface area (Å²) in [5, 5.41) is 0.304. The number of sulfonamides is 1. The van der Waals surface area contributed by atoms with Gasteiger partial charge in [-0.05, 0) is 43.2 Å². The van der Waals surface area contributed by atoms with Crippen LogP contribution < -0.4 is 14.8 Å². The van der Waals surface area contributed by atoms with E-state index in [1.807, 2.05) is 0 Å². The van der Waals surface area contributed by atoms with Gasteiger partial charge in [0.25, 0.3) is 10.0 Å². The first kappa shape index (κ1) is 22.9. The number of likely N-dealkylation sites (tertiary alicyclic amines) is 1. The summed E-state index contributed by atoms with van der Waals surface area (Å²) >= 11 is 6.13. The van der Waals surface area contributed by atoms with Gasteiger partial charge < -0.3 is 15.4 Å². The molecule has 8 nitrogen and oxygen atoms in total. The second kappa shape index (κ2) is 9.57. The van der Waals surface area contributed by atoms with Crippen molar-refractivity contribution in [2.24, 2.45) is 11.7 Å². The van der Waals surface area contributed by atoms with Crippen LogP contribution in [0.3, 0.4) is 0 Å². The van der Waals surface area contributed by atoms with Crippen LogP contribution in [0.4, 0.5) is 5.69 Å². The maximum Gasteiger partial charge on any atom is 0.264 e. The first-order chi connectivity index (χ1) is 14.7. The molecule has 0 unspecified atom stereocenters. The molecule has 1 aliphatic rings. The minimum atomic E-state index is -4.09. The Bertz CT molecular complexity index is 1050. The summed E-state index contributed by atoms with van der Waals surface area (Å²) in [4.78, 5) is 26.0. The van der Waals surface area contributed by atoms with E-state index in [4.69, 9.17) is 22.1 Å². The highest BCUT2D eigenvalue weighted by molar-refractivity contribution is 7.92. The number of anilines is 1. The Morgan fingerprint density at radius 2 is 1.81 bits per heavy atom. The van der Waals surface area contributed by atoms with E-state index in [2.05, 4.69) is 0 Å². The van der Waals surface area contributed by atoms with Crippen LogP contribution in [-0.4, -0.2) is 51.9 Å². The first-order valence-corrected chi connectivity index (χ1v) is 11.5. The number of primary amides is 1. The largest absolute Gasteiger partial charge is 0.495 e. The van der Waals surface area contributed by atoms with Crippen molar-refractivity contribution in [1.29, 1.82) is 0 Å². The van der Waals surface area contributed by atoms with E-state index >= 15 is 0 Å². The Labute approximate surface area is 186 Å². The van der Waals surface area contributed by atoms with E-state index in [-0.39, 0.29) is 34.1 Å². The molecule has 166 valence electrons. The van der Waals surface area contributed by atoms with Gasteiger partial charge in [-0.15, -0.1) is 0 Å². The molecule has 0 aliphatic carbocycles. The van der Waals surface area contributed by atoms with Crippen LogP contribution in [-0.2, 0) is 19.6 Å². The molecule has 0 spiro atoms. The monoisotopic (exact) mass is 465 g/mol. The predicted molar refractivity (Wildman–Crippen MR) is 117 cm³/mol. The molecule has 3 rings (SSSR count). The Hall–Kier alpha value is -2.78. The van der Waals surface area contributed by atoms with E-state index in [0.717, 1.165) is 4.31 Å². The van der Waals surface area contributed by atoms with Gasteiger partial charge in [-0.25, -0.2) is 8.42 Å². The number of ether oxygens (including phenoxy) is 1. The fraction of sp³-hybridized carbons (Fsp3) is 0.333. The Balaban J connectivity index is 1.95. The molecule has 31 heavy (non-hydrogen) atoms. The lowest BCUT2D eigenvalue weighted by Gasteiger charge is -2.33. The quantitative estimate of drug-likeness (QED) is 0.674. The van der Waals surface area contributed by atoms with Crippen molar-refractivity contribution < 1.29 is 22.7 Å². The molecule has 2 amide bonds. The van der Waals surface area contributed by atoms with Crippen LogP contribution in [0, 0.1) is 5.92 Å². The molecule has 1 saturated heterocycles. The van der Waals surface area contributed by atoms with Crippen LogP contribution >= 0.6 is 11.6 Å². The van der Waals surface area contributed by atoms with Crippen LogP contribution in [0.1, 0.15) is 12.8 Å². The summed E-state index contributed by atoms with van der Waals surface area (Å²) in [5.41, 5.74) is 5.52. The molecule has 2 aromatic carbocycles. The van der Waals surface area contributed by atoms with Crippen molar-refractivity contribution in [2.45, 2.75) is 17.7 Å². The SMILES string of the molecule is COc1ccc(Cl)cc1N(CC(=O)N1CCC(C(N)=O)CC1)S(=O)(=O)c1ccccc1. The average molecular weight is 466 g/mol. The van der Waals surface area contributed by atoms with Gasteiger partial charge in [0, 0.05) is 24.0 Å². The topological polar surface area (TPSA) is 110 Å². The van der Waals surface area contributed by atoms with Crippen LogP contribution in [0.5, 0.6) is 5.75 Å². The number of amides is 2. The maximum atomic E-state index is 13.5. The number of hydrogen-bond donors (Lipinski definition) is 1. The van der Waals surface area contributed by atoms with Gasteiger partial charge in [0.1, 0.15) is 12.3 Å². The number of methoxy groups -OCH3 is 1. The molecule has 0 bridgehead atoms. The summed E-state index contributed by atoms with van der Waals surface area (Å²) in [5.74, 6) is -0.779. The summed E-state index contributed by atoms with van der Waals surface area (Å²) in [6.07, 6.45) is 0.903. The molecule has 0 aromatic heterocycles. The van der Waals surface area contributed by atoms with Gasteiger partial charge in [-0.2, -0.15) is 0 Å². The highest BCUT2D eigenvalue weighted by Crippen LogP contribution is 2.35. The average Bonchev–Trinajstić information content (AvgIpc) is 2.77. The first-order valence-electron chi connectivity index (χ1n) is 9.72. The smallest absolute Gasteiger partial charge is 0.264 e. The fourth-order valence-corrected chi connectivity index (χ4v) is 5.12. The lowest BCUT2D eigenvalue weighted by atomic mass is 9.96. The molecule has 0 saturated carbocycles. The molecule has 1 fully saturated rings. The Morgan fingerprint density at radius 3 is 2.39 bits per heavy atom. The minimum Gasteiger partial charge on any atom is -0.495 e. The number of carbonyl (C=O) groups is 2. The number of piperidine rings is 1. The molecular weight excluding hydrogens is 442 g/mol. The predicted octanol–water partition coefficient (Wildman–Crippen LogP) is 2.27. The molecule has 0 atom stereocenters. The molecule has 10 heteroatoms. The van der Waals surface area contributed by atoms with Crippen molar-refractivity contribution in [1.82, 2.24) is 4.90 Å². The van der Waals surface area contributed by atoms with Crippen molar-refractivity contribution in [3.63, 3.8) is 0 Å². The molecule has 1 aliphatic heterocycles. The normalized spacial score (nSPS) is 14.8. The van der Waals surface area contributed by atoms with Crippen LogP contribution in [0.25, 0.3) is 0 Å². The number of carbonyl (C=O) groups excluding carboxylic acids is 2. The number of rotatable bonds is 7. The molecule has 2 aromatic rings. The van der Waals surface area contributed by atoms with Gasteiger partial charge >= 0.3 is 0 Å². The van der Waals surface area contributed by atoms with Gasteiger partial charge in [-0.1, -0.05) is 29.8 Å². The Morgan fingerprint density at radius 1 is 1.16 bits per heavy atom. The maximum absolute atomic E-state index is 13.5. The Kier molecular flexibility index (Phi) is 7.07. The summed E-state index contributed by atoms with van der Waals surface area (Å²) < 4.78 is 33.3. The van der Waals surface area contributed by atoms with E-state index in [1.54, 1.807) is 35.2 Å². The standard InChI is InChI=1S/C21H24ClN3O5S/c1-30-19-8-7-16(22)13-18(19)25(31(28,29)17-5-3-2-4-6-17)14-20(26)24-11-9-15(10-12-24)21(23)27/h2-8,13,15H,9-12,14H2,1H3,(H2,23,27). The summed E-state index contributed by atoms with van der Waals surface area (Å²) in [7, 11) is -2.68. The zero-order valence-corrected chi connectivity index (χ0v) is 18.6. The van der Waals surface area contributed by atoms with Gasteiger partial charge in [0.05, 0.1) is 17.7 Å². The molecular formula is C21H24ClN3O5S. The van der Waals surface area contributed by atoms with Gasteiger partial charge in [0.15, 0.2) is 0 Å². The summed E-state index contributed by atoms with van der Waals surface area (Å²) in [6.45, 7) is 0.228. The fourth-order valence-electron chi connectivity index (χ4n) is 3.51. The van der Waals surface area contributed by atoms with Crippen molar-refractivity contribution in [2.75, 3.05) is 31.0 Å². The van der Waals surface area contributed by atoms with E-state index in [1.165, 1.54) is 25.3 Å². The van der Waals surface area contributed by atoms with E-state index in [0.29, 0.717) is 31.0 Å². The third kappa shape index (κ3) is 5.11. The number of nitrogens with zero attached hydrogens (tertiary/aromatic N) is 2. The van der Waals surface area contributed by atoms with Gasteiger partial charge in [0.2, 0.25) is 11.8 Å². The lowest BCUT2D eigenvalue weighted by molar-refractivity contribution is -0.133. The molecule has 1 heterocycles. The van der Waals surface area contributed by atoms with Crippen LogP contribution in [0.2, 0.25) is 5.02 Å². The molecule has 0 radical (unpaired) electrons. The number of benzene rings is 2. The molecule has 2 N–H and O–H groups in total. The second-order valence-corrected chi connectivity index (χ2v) is 9.50. The zero-order chi connectivity index (χ0) is 22.6. The van der Waals surface area contributed by atoms with E-state index in [9.17, 15) is 18.0 Å². The summed E-state index contributed by atoms with van der Waals surface area (Å²) in [6, 6.07) is 12.4. The minimum absolute atomic E-state index is 0.0391. The van der Waals surface area contributed by atoms with Crippen molar-refractivity contribution in [3.8, 4) is 5.75 Å². The highest BCUT2D eigenvalue weighted by atomic mass is 35.5.